The van der Waals surface area contributed by atoms with Crippen LogP contribution >= 0.6 is 0 Å². The number of Topliss-reactive ketones (excluding diaryl/α,β-unsaturated/α-hetero) is 2. The molecule has 10 nitrogen and oxygen atoms in total. The minimum Gasteiger partial charge on any atom is -0.507 e. The van der Waals surface area contributed by atoms with Gasteiger partial charge in [0, 0.05) is 28.7 Å². The van der Waals surface area contributed by atoms with E-state index < -0.39 is 82.4 Å². The smallest absolute Gasteiger partial charge is 0.309 e. The van der Waals surface area contributed by atoms with E-state index in [4.69, 9.17) is 14.2 Å². The third-order valence-corrected chi connectivity index (χ3v) is 7.41. The highest BCUT2D eigenvalue weighted by Crippen LogP contribution is 2.57. The van der Waals surface area contributed by atoms with Crippen LogP contribution in [0.1, 0.15) is 70.7 Å². The number of rotatable bonds is 0. The molecule has 2 fully saturated rings. The zero-order chi connectivity index (χ0) is 22.9. The van der Waals surface area contributed by atoms with E-state index >= 15 is 0 Å². The van der Waals surface area contributed by atoms with Crippen LogP contribution < -0.4 is 0 Å². The molecule has 1 aromatic carbocycles. The van der Waals surface area contributed by atoms with Crippen LogP contribution in [0.2, 0.25) is 0 Å². The number of ketones is 2. The van der Waals surface area contributed by atoms with Crippen molar-refractivity contribution in [3.8, 4) is 11.5 Å². The first-order valence-electron chi connectivity index (χ1n) is 10.4. The fraction of sp³-hybridized carbons (Fsp3) is 0.500. The number of benzene rings is 1. The Balaban J connectivity index is 1.64. The molecule has 168 valence electrons. The molecule has 2 aliphatic carbocycles. The Hall–Kier alpha value is -2.79. The van der Waals surface area contributed by atoms with Crippen LogP contribution in [-0.2, 0) is 19.0 Å². The number of hydrogen-bond donors (Lipinski definition) is 4. The van der Waals surface area contributed by atoms with Gasteiger partial charge in [-0.15, -0.1) is 0 Å². The van der Waals surface area contributed by atoms with Crippen LogP contribution in [0.3, 0.4) is 0 Å². The van der Waals surface area contributed by atoms with Gasteiger partial charge in [0.15, 0.2) is 17.7 Å². The lowest BCUT2D eigenvalue weighted by Gasteiger charge is -2.52. The van der Waals surface area contributed by atoms with Gasteiger partial charge in [0.25, 0.3) is 0 Å². The zero-order valence-corrected chi connectivity index (χ0v) is 17.1. The maximum Gasteiger partial charge on any atom is 0.309 e. The highest BCUT2D eigenvalue weighted by atomic mass is 16.6. The van der Waals surface area contributed by atoms with Crippen molar-refractivity contribution in [2.75, 3.05) is 0 Å². The van der Waals surface area contributed by atoms with Crippen LogP contribution in [-0.4, -0.2) is 68.0 Å². The molecule has 4 heterocycles. The molecule has 10 heteroatoms. The van der Waals surface area contributed by atoms with Gasteiger partial charge >= 0.3 is 5.97 Å². The number of fused-ring (bicyclic) bond motifs is 6. The van der Waals surface area contributed by atoms with Crippen LogP contribution in [0.5, 0.6) is 11.5 Å². The summed E-state index contributed by atoms with van der Waals surface area (Å²) in [6.45, 7) is 3.07. The van der Waals surface area contributed by atoms with Crippen molar-refractivity contribution < 1.29 is 49.0 Å². The van der Waals surface area contributed by atoms with E-state index in [-0.39, 0.29) is 35.1 Å². The molecule has 7 rings (SSSR count). The van der Waals surface area contributed by atoms with Crippen LogP contribution in [0, 0.1) is 0 Å². The van der Waals surface area contributed by atoms with Gasteiger partial charge in [-0.05, 0) is 13.8 Å². The van der Waals surface area contributed by atoms with Gasteiger partial charge in [-0.2, -0.15) is 0 Å². The summed E-state index contributed by atoms with van der Waals surface area (Å²) in [4.78, 5) is 39.0. The summed E-state index contributed by atoms with van der Waals surface area (Å²) in [7, 11) is 0. The van der Waals surface area contributed by atoms with Gasteiger partial charge in [-0.25, -0.2) is 0 Å². The molecule has 0 amide bonds. The monoisotopic (exact) mass is 444 g/mol. The lowest BCUT2D eigenvalue weighted by Crippen LogP contribution is -2.66. The summed E-state index contributed by atoms with van der Waals surface area (Å²) >= 11 is 0. The first-order valence-corrected chi connectivity index (χ1v) is 10.4. The summed E-state index contributed by atoms with van der Waals surface area (Å²) in [5.41, 5.74) is -3.41. The fourth-order valence-electron chi connectivity index (χ4n) is 5.95. The third-order valence-electron chi connectivity index (χ3n) is 7.41. The third kappa shape index (κ3) is 2.06. The molecule has 4 N–H and O–H groups in total. The van der Waals surface area contributed by atoms with E-state index in [0.29, 0.717) is 0 Å². The number of carbonyl (C=O) groups excluding carboxylic acids is 3. The topological polar surface area (TPSA) is 160 Å². The van der Waals surface area contributed by atoms with Crippen molar-refractivity contribution >= 4 is 17.5 Å². The Morgan fingerprint density at radius 1 is 0.969 bits per heavy atom. The van der Waals surface area contributed by atoms with E-state index in [1.807, 2.05) is 0 Å². The Kier molecular flexibility index (Phi) is 3.70. The number of phenols is 2. The summed E-state index contributed by atoms with van der Waals surface area (Å²) in [5, 5.41) is 44.0. The second kappa shape index (κ2) is 5.96. The van der Waals surface area contributed by atoms with Crippen molar-refractivity contribution in [1.82, 2.24) is 0 Å². The first kappa shape index (κ1) is 19.9. The fourth-order valence-corrected chi connectivity index (χ4v) is 5.95. The first-order chi connectivity index (χ1) is 15.1. The highest BCUT2D eigenvalue weighted by molar-refractivity contribution is 6.30. The summed E-state index contributed by atoms with van der Waals surface area (Å²) in [6.07, 6.45) is -5.97. The van der Waals surface area contributed by atoms with E-state index in [1.54, 1.807) is 6.92 Å². The molecule has 0 radical (unpaired) electrons. The lowest BCUT2D eigenvalue weighted by atomic mass is 9.63. The minimum atomic E-state index is -2.14. The summed E-state index contributed by atoms with van der Waals surface area (Å²) in [6, 6.07) is 0. The molecule has 32 heavy (non-hydrogen) atoms. The van der Waals surface area contributed by atoms with Gasteiger partial charge in [0.1, 0.15) is 23.2 Å². The van der Waals surface area contributed by atoms with Gasteiger partial charge in [-0.3, -0.25) is 14.4 Å². The standard InChI is InChI=1S/C22H20O10/c1-5-11-15(21-8(30-5)4-10(24)32-21)19(27)13-14(17(11)25)20(28)16-12(18(13)26)7-3-9(23)22(16,29)6(2)31-7/h5-9,21,23,25,27,29H,3-4H2,1-2H3/t5?,6-,7-,8+,9-,21-,22-/m1/s1. The lowest BCUT2D eigenvalue weighted by molar-refractivity contribution is -0.207. The largest absolute Gasteiger partial charge is 0.507 e. The highest BCUT2D eigenvalue weighted by Gasteiger charge is 2.62. The number of aliphatic hydroxyl groups excluding tert-OH is 1. The molecular weight excluding hydrogens is 424 g/mol. The number of ether oxygens (including phenoxy) is 3. The van der Waals surface area contributed by atoms with Crippen LogP contribution in [0.4, 0.5) is 0 Å². The molecule has 1 aromatic rings. The Morgan fingerprint density at radius 2 is 1.62 bits per heavy atom. The molecule has 2 saturated heterocycles. The maximum atomic E-state index is 13.6. The maximum absolute atomic E-state index is 13.6. The van der Waals surface area contributed by atoms with Crippen molar-refractivity contribution in [3.63, 3.8) is 0 Å². The average Bonchev–Trinajstić information content (AvgIpc) is 3.09. The Morgan fingerprint density at radius 3 is 2.31 bits per heavy atom. The quantitative estimate of drug-likeness (QED) is 0.328. The molecule has 0 spiro atoms. The predicted octanol–water partition coefficient (Wildman–Crippen LogP) is 0.504. The Labute approximate surface area is 181 Å². The van der Waals surface area contributed by atoms with Crippen molar-refractivity contribution in [1.29, 1.82) is 0 Å². The number of aliphatic hydroxyl groups is 2. The molecule has 0 aromatic heterocycles. The van der Waals surface area contributed by atoms with Gasteiger partial charge in [0.05, 0.1) is 42.0 Å². The van der Waals surface area contributed by atoms with Crippen LogP contribution in [0.25, 0.3) is 0 Å². The van der Waals surface area contributed by atoms with Crippen LogP contribution in [0.15, 0.2) is 11.1 Å². The summed E-state index contributed by atoms with van der Waals surface area (Å²) < 4.78 is 16.7. The number of phenolic OH excluding ortho intramolecular Hbond substituents is 2. The van der Waals surface area contributed by atoms with E-state index in [9.17, 15) is 34.8 Å². The average molecular weight is 444 g/mol. The van der Waals surface area contributed by atoms with Gasteiger partial charge in [-0.1, -0.05) is 0 Å². The second-order valence-electron chi connectivity index (χ2n) is 9.00. The summed E-state index contributed by atoms with van der Waals surface area (Å²) in [5.74, 6) is -3.36. The zero-order valence-electron chi connectivity index (χ0n) is 17.1. The molecule has 4 aliphatic heterocycles. The van der Waals surface area contributed by atoms with E-state index in [1.165, 1.54) is 6.92 Å². The molecule has 7 atom stereocenters. The number of hydrogen-bond acceptors (Lipinski definition) is 10. The number of aromatic hydroxyl groups is 2. The molecule has 2 bridgehead atoms. The van der Waals surface area contributed by atoms with E-state index in [0.717, 1.165) is 0 Å². The minimum absolute atomic E-state index is 0.0371. The second-order valence-corrected chi connectivity index (χ2v) is 9.00. The molecular formula is C22H20O10. The van der Waals surface area contributed by atoms with Gasteiger partial charge < -0.3 is 34.6 Å². The number of carbonyl (C=O) groups is 3. The van der Waals surface area contributed by atoms with Crippen molar-refractivity contribution in [2.45, 2.75) is 68.9 Å². The Bertz CT molecular complexity index is 1170. The molecule has 1 unspecified atom stereocenters. The van der Waals surface area contributed by atoms with E-state index in [2.05, 4.69) is 0 Å². The number of esters is 1. The van der Waals surface area contributed by atoms with Gasteiger partial charge in [0.2, 0.25) is 0 Å². The molecule has 6 aliphatic rings. The molecule has 0 saturated carbocycles. The van der Waals surface area contributed by atoms with Crippen molar-refractivity contribution in [3.05, 3.63) is 33.4 Å². The normalized spacial score (nSPS) is 39.4. The SMILES string of the molecule is CC1O[C@H]2CC(=O)O[C@H]2c2c(O)c3c(c(O)c21)C(=O)C1=C(C3=O)[C@H]2C[C@@H](O)[C@]1(O)[C@@H](C)O2. The predicted molar refractivity (Wildman–Crippen MR) is 102 cm³/mol. The van der Waals surface area contributed by atoms with Crippen molar-refractivity contribution in [2.24, 2.45) is 0 Å².